The third-order valence-electron chi connectivity index (χ3n) is 6.52. The standard InChI is InChI=1S/C29H31BrN4O2/c1-19(2)34-17-24(25(18-34)29(36)32-23-7-5-6-22(30)16-23)21-13-10-20(11-14-21)12-15-28(35)33-27-9-4-3-8-26(27)31/h3-16,19,24-25H,17-18,31H2,1-2H3,(H,32,36)(H,33,35)/b15-12+. The molecule has 0 aromatic heterocycles. The van der Waals surface area contributed by atoms with Crippen molar-refractivity contribution in [3.63, 3.8) is 0 Å². The van der Waals surface area contributed by atoms with E-state index < -0.39 is 0 Å². The molecule has 6 nitrogen and oxygen atoms in total. The predicted molar refractivity (Wildman–Crippen MR) is 151 cm³/mol. The first-order chi connectivity index (χ1) is 17.3. The first-order valence-electron chi connectivity index (χ1n) is 12.0. The van der Waals surface area contributed by atoms with Crippen molar-refractivity contribution in [2.45, 2.75) is 25.8 Å². The molecule has 2 unspecified atom stereocenters. The molecule has 36 heavy (non-hydrogen) atoms. The molecule has 1 aliphatic heterocycles. The number of benzene rings is 3. The SMILES string of the molecule is CC(C)N1CC(C(=O)Nc2cccc(Br)c2)C(c2ccc(/C=C/C(=O)Nc3ccccc3N)cc2)C1. The number of carbonyl (C=O) groups excluding carboxylic acids is 2. The fourth-order valence-corrected chi connectivity index (χ4v) is 4.87. The Morgan fingerprint density at radius 3 is 2.44 bits per heavy atom. The summed E-state index contributed by atoms with van der Waals surface area (Å²) in [6.45, 7) is 5.86. The van der Waals surface area contributed by atoms with Crippen molar-refractivity contribution in [3.8, 4) is 0 Å². The Hall–Kier alpha value is -3.42. The number of nitrogen functional groups attached to an aromatic ring is 1. The summed E-state index contributed by atoms with van der Waals surface area (Å²) in [7, 11) is 0. The highest BCUT2D eigenvalue weighted by Crippen LogP contribution is 2.35. The molecule has 0 radical (unpaired) electrons. The van der Waals surface area contributed by atoms with Crippen molar-refractivity contribution in [1.82, 2.24) is 4.90 Å². The number of hydrogen-bond donors (Lipinski definition) is 3. The number of likely N-dealkylation sites (tertiary alicyclic amines) is 1. The van der Waals surface area contributed by atoms with Crippen molar-refractivity contribution in [1.29, 1.82) is 0 Å². The van der Waals surface area contributed by atoms with Crippen LogP contribution in [0, 0.1) is 5.92 Å². The Bertz CT molecular complexity index is 1260. The summed E-state index contributed by atoms with van der Waals surface area (Å²) in [5.74, 6) is -0.288. The number of nitrogens with two attached hydrogens (primary N) is 1. The van der Waals surface area contributed by atoms with Crippen molar-refractivity contribution in [3.05, 3.63) is 94.5 Å². The highest BCUT2D eigenvalue weighted by Gasteiger charge is 2.39. The van der Waals surface area contributed by atoms with E-state index in [1.165, 1.54) is 6.08 Å². The zero-order valence-electron chi connectivity index (χ0n) is 20.4. The molecule has 0 saturated carbocycles. The lowest BCUT2D eigenvalue weighted by Gasteiger charge is -2.20. The van der Waals surface area contributed by atoms with Crippen LogP contribution in [-0.4, -0.2) is 35.8 Å². The molecule has 1 saturated heterocycles. The quantitative estimate of drug-likeness (QED) is 0.260. The average molecular weight is 547 g/mol. The maximum absolute atomic E-state index is 13.3. The van der Waals surface area contributed by atoms with E-state index in [2.05, 4.69) is 57.4 Å². The first-order valence-corrected chi connectivity index (χ1v) is 12.8. The van der Waals surface area contributed by atoms with Crippen molar-refractivity contribution < 1.29 is 9.59 Å². The summed E-state index contributed by atoms with van der Waals surface area (Å²) in [6, 6.07) is 23.2. The molecular weight excluding hydrogens is 516 g/mol. The Kier molecular flexibility index (Phi) is 8.23. The van der Waals surface area contributed by atoms with Crippen LogP contribution in [0.3, 0.4) is 0 Å². The normalized spacial score (nSPS) is 18.0. The van der Waals surface area contributed by atoms with E-state index in [1.807, 2.05) is 48.5 Å². The molecule has 1 aliphatic rings. The Labute approximate surface area is 220 Å². The number of hydrogen-bond acceptors (Lipinski definition) is 4. The van der Waals surface area contributed by atoms with E-state index in [-0.39, 0.29) is 23.7 Å². The van der Waals surface area contributed by atoms with E-state index in [9.17, 15) is 9.59 Å². The lowest BCUT2D eigenvalue weighted by Crippen LogP contribution is -2.31. The second-order valence-corrected chi connectivity index (χ2v) is 10.3. The van der Waals surface area contributed by atoms with Crippen LogP contribution in [-0.2, 0) is 9.59 Å². The zero-order valence-corrected chi connectivity index (χ0v) is 22.0. The maximum atomic E-state index is 13.3. The lowest BCUT2D eigenvalue weighted by molar-refractivity contribution is -0.120. The van der Waals surface area contributed by atoms with Gasteiger partial charge in [-0.1, -0.05) is 58.4 Å². The summed E-state index contributed by atoms with van der Waals surface area (Å²) in [5.41, 5.74) is 9.81. The number of anilines is 3. The minimum atomic E-state index is -0.246. The number of rotatable bonds is 7. The predicted octanol–water partition coefficient (Wildman–Crippen LogP) is 5.75. The summed E-state index contributed by atoms with van der Waals surface area (Å²) in [5, 5.41) is 5.88. The molecule has 4 rings (SSSR count). The molecule has 2 amide bonds. The molecule has 1 heterocycles. The van der Waals surface area contributed by atoms with E-state index in [1.54, 1.807) is 18.2 Å². The number of amides is 2. The number of carbonyl (C=O) groups is 2. The minimum absolute atomic E-state index is 0.0297. The Morgan fingerprint density at radius 1 is 1.00 bits per heavy atom. The van der Waals surface area contributed by atoms with Crippen LogP contribution in [0.25, 0.3) is 6.08 Å². The molecule has 3 aromatic carbocycles. The number of para-hydroxylation sites is 2. The van der Waals surface area contributed by atoms with Crippen LogP contribution in [0.15, 0.2) is 83.3 Å². The van der Waals surface area contributed by atoms with Gasteiger partial charge < -0.3 is 16.4 Å². The second kappa shape index (κ2) is 11.5. The Balaban J connectivity index is 1.45. The Morgan fingerprint density at radius 2 is 1.75 bits per heavy atom. The average Bonchev–Trinajstić information content (AvgIpc) is 3.31. The molecular formula is C29H31BrN4O2. The van der Waals surface area contributed by atoms with Gasteiger partial charge in [-0.05, 0) is 61.4 Å². The highest BCUT2D eigenvalue weighted by atomic mass is 79.9. The van der Waals surface area contributed by atoms with Crippen molar-refractivity contribution >= 4 is 50.9 Å². The maximum Gasteiger partial charge on any atom is 0.248 e. The molecule has 7 heteroatoms. The third kappa shape index (κ3) is 6.42. The first kappa shape index (κ1) is 25.7. The topological polar surface area (TPSA) is 87.5 Å². The van der Waals surface area contributed by atoms with Gasteiger partial charge in [-0.25, -0.2) is 0 Å². The van der Waals surface area contributed by atoms with Crippen molar-refractivity contribution in [2.24, 2.45) is 5.92 Å². The third-order valence-corrected chi connectivity index (χ3v) is 7.01. The van der Waals surface area contributed by atoms with Crippen LogP contribution in [0.1, 0.15) is 30.9 Å². The monoisotopic (exact) mass is 546 g/mol. The molecule has 1 fully saturated rings. The van der Waals surface area contributed by atoms with E-state index >= 15 is 0 Å². The van der Waals surface area contributed by atoms with Crippen LogP contribution in [0.2, 0.25) is 0 Å². The molecule has 0 aliphatic carbocycles. The number of nitrogens with zero attached hydrogens (tertiary/aromatic N) is 1. The van der Waals surface area contributed by atoms with Crippen LogP contribution >= 0.6 is 15.9 Å². The van der Waals surface area contributed by atoms with Crippen LogP contribution in [0.5, 0.6) is 0 Å². The van der Waals surface area contributed by atoms with Gasteiger partial charge in [0.15, 0.2) is 0 Å². The van der Waals surface area contributed by atoms with Crippen LogP contribution in [0.4, 0.5) is 17.1 Å². The smallest absolute Gasteiger partial charge is 0.248 e. The molecule has 4 N–H and O–H groups in total. The van der Waals surface area contributed by atoms with Gasteiger partial charge in [0.1, 0.15) is 0 Å². The van der Waals surface area contributed by atoms with Gasteiger partial charge in [0.25, 0.3) is 0 Å². The van der Waals surface area contributed by atoms with Crippen LogP contribution < -0.4 is 16.4 Å². The molecule has 186 valence electrons. The summed E-state index contributed by atoms with van der Waals surface area (Å²) in [6.07, 6.45) is 3.26. The second-order valence-electron chi connectivity index (χ2n) is 9.34. The van der Waals surface area contributed by atoms with E-state index in [4.69, 9.17) is 5.73 Å². The van der Waals surface area contributed by atoms with Gasteiger partial charge in [-0.2, -0.15) is 0 Å². The molecule has 0 bridgehead atoms. The molecule has 2 atom stereocenters. The summed E-state index contributed by atoms with van der Waals surface area (Å²) < 4.78 is 0.927. The minimum Gasteiger partial charge on any atom is -0.397 e. The van der Waals surface area contributed by atoms with Gasteiger partial charge in [-0.15, -0.1) is 0 Å². The van der Waals surface area contributed by atoms with E-state index in [0.717, 1.165) is 27.8 Å². The van der Waals surface area contributed by atoms with E-state index in [0.29, 0.717) is 24.0 Å². The highest BCUT2D eigenvalue weighted by molar-refractivity contribution is 9.10. The van der Waals surface area contributed by atoms with Gasteiger partial charge in [0.05, 0.1) is 17.3 Å². The summed E-state index contributed by atoms with van der Waals surface area (Å²) >= 11 is 3.46. The van der Waals surface area contributed by atoms with Gasteiger partial charge in [0, 0.05) is 41.3 Å². The van der Waals surface area contributed by atoms with Gasteiger partial charge in [0.2, 0.25) is 11.8 Å². The largest absolute Gasteiger partial charge is 0.397 e. The molecule has 3 aromatic rings. The fourth-order valence-electron chi connectivity index (χ4n) is 4.47. The zero-order chi connectivity index (χ0) is 25.7. The number of halogens is 1. The van der Waals surface area contributed by atoms with Gasteiger partial charge >= 0.3 is 0 Å². The molecule has 0 spiro atoms. The fraction of sp³-hybridized carbons (Fsp3) is 0.241. The summed E-state index contributed by atoms with van der Waals surface area (Å²) in [4.78, 5) is 27.9. The lowest BCUT2D eigenvalue weighted by atomic mass is 9.88. The van der Waals surface area contributed by atoms with Crippen molar-refractivity contribution in [2.75, 3.05) is 29.5 Å². The number of nitrogens with one attached hydrogen (secondary N) is 2. The van der Waals surface area contributed by atoms with Gasteiger partial charge in [-0.3, -0.25) is 14.5 Å².